The third kappa shape index (κ3) is 4.49. The van der Waals surface area contributed by atoms with E-state index in [2.05, 4.69) is 31.9 Å². The van der Waals surface area contributed by atoms with Crippen molar-refractivity contribution in [1.29, 1.82) is 0 Å². The molecule has 0 saturated heterocycles. The molecule has 1 aromatic heterocycles. The van der Waals surface area contributed by atoms with Crippen LogP contribution in [0.2, 0.25) is 0 Å². The van der Waals surface area contributed by atoms with Gasteiger partial charge in [-0.3, -0.25) is 4.79 Å². The second-order valence-corrected chi connectivity index (χ2v) is 7.43. The van der Waals surface area contributed by atoms with Crippen molar-refractivity contribution in [2.24, 2.45) is 5.10 Å². The van der Waals surface area contributed by atoms with Crippen LogP contribution in [0.25, 0.3) is 10.9 Å². The van der Waals surface area contributed by atoms with Crippen molar-refractivity contribution in [3.63, 3.8) is 0 Å². The van der Waals surface area contributed by atoms with E-state index in [0.717, 1.165) is 10.2 Å². The van der Waals surface area contributed by atoms with Gasteiger partial charge in [0.2, 0.25) is 0 Å². The van der Waals surface area contributed by atoms with Crippen LogP contribution >= 0.6 is 15.9 Å². The summed E-state index contributed by atoms with van der Waals surface area (Å²) in [5.41, 5.74) is 2.11. The molecule has 0 unspecified atom stereocenters. The first-order chi connectivity index (χ1) is 13.9. The first-order valence-electron chi connectivity index (χ1n) is 9.07. The molecule has 0 aliphatic rings. The number of halogens is 1. The van der Waals surface area contributed by atoms with Gasteiger partial charge in [-0.15, -0.1) is 6.42 Å². The highest BCUT2D eigenvalue weighted by atomic mass is 79.9. The zero-order valence-corrected chi connectivity index (χ0v) is 18.1. The Kier molecular flexibility index (Phi) is 6.35. The molecule has 6 nitrogen and oxygen atoms in total. The molecule has 0 spiro atoms. The maximum Gasteiger partial charge on any atom is 0.282 e. The zero-order valence-electron chi connectivity index (χ0n) is 16.5. The summed E-state index contributed by atoms with van der Waals surface area (Å²) in [5, 5.41) is 4.93. The zero-order chi connectivity index (χ0) is 21.0. The molecule has 2 aromatic carbocycles. The van der Waals surface area contributed by atoms with E-state index in [9.17, 15) is 4.79 Å². The monoisotopic (exact) mass is 452 g/mol. The quantitative estimate of drug-likeness (QED) is 0.422. The van der Waals surface area contributed by atoms with Crippen LogP contribution in [-0.2, 0) is 6.42 Å². The van der Waals surface area contributed by atoms with E-state index < -0.39 is 0 Å². The fourth-order valence-electron chi connectivity index (χ4n) is 2.81. The van der Waals surface area contributed by atoms with Crippen LogP contribution in [0.15, 0.2) is 50.8 Å². The van der Waals surface area contributed by atoms with Crippen LogP contribution in [0.3, 0.4) is 0 Å². The molecule has 0 saturated carbocycles. The second kappa shape index (κ2) is 8.93. The van der Waals surface area contributed by atoms with Crippen molar-refractivity contribution in [1.82, 2.24) is 9.66 Å². The van der Waals surface area contributed by atoms with E-state index in [0.29, 0.717) is 34.5 Å². The number of terminal acetylenes is 1. The summed E-state index contributed by atoms with van der Waals surface area (Å²) >= 11 is 3.40. The minimum atomic E-state index is -0.222. The highest BCUT2D eigenvalue weighted by molar-refractivity contribution is 9.10. The Morgan fingerprint density at radius 2 is 2.10 bits per heavy atom. The van der Waals surface area contributed by atoms with E-state index in [1.54, 1.807) is 12.3 Å². The number of benzene rings is 2. The van der Waals surface area contributed by atoms with Gasteiger partial charge in [0.1, 0.15) is 18.2 Å². The van der Waals surface area contributed by atoms with Crippen LogP contribution in [0, 0.1) is 12.3 Å². The number of fused-ring (bicyclic) bond motifs is 1. The molecular weight excluding hydrogens is 432 g/mol. The third-order valence-electron chi connectivity index (χ3n) is 4.33. The summed E-state index contributed by atoms with van der Waals surface area (Å²) in [6, 6.07) is 11.2. The SMILES string of the molecule is C#CCOc1cc(N(C)C)ccc1C=Nn1c(CC)nc2ccc(Br)cc2c1=O. The number of aromatic nitrogens is 2. The molecule has 0 radical (unpaired) electrons. The molecule has 7 heteroatoms. The van der Waals surface area contributed by atoms with Crippen LogP contribution in [0.5, 0.6) is 5.75 Å². The molecule has 0 atom stereocenters. The van der Waals surface area contributed by atoms with E-state index in [1.165, 1.54) is 4.68 Å². The molecule has 0 bridgehead atoms. The molecular formula is C22H21BrN4O2. The maximum absolute atomic E-state index is 13.0. The molecule has 3 aromatic rings. The van der Waals surface area contributed by atoms with Gasteiger partial charge in [0.25, 0.3) is 5.56 Å². The van der Waals surface area contributed by atoms with Gasteiger partial charge in [-0.25, -0.2) is 4.98 Å². The van der Waals surface area contributed by atoms with Gasteiger partial charge in [-0.2, -0.15) is 9.78 Å². The summed E-state index contributed by atoms with van der Waals surface area (Å²) in [6.45, 7) is 2.08. The number of hydrogen-bond donors (Lipinski definition) is 0. The molecule has 148 valence electrons. The largest absolute Gasteiger partial charge is 0.480 e. The van der Waals surface area contributed by atoms with Crippen LogP contribution in [0.1, 0.15) is 18.3 Å². The average Bonchev–Trinajstić information content (AvgIpc) is 2.72. The fraction of sp³-hybridized carbons (Fsp3) is 0.227. The smallest absolute Gasteiger partial charge is 0.282 e. The van der Waals surface area contributed by atoms with Crippen molar-refractivity contribution in [2.75, 3.05) is 25.6 Å². The Morgan fingerprint density at radius 1 is 1.31 bits per heavy atom. The van der Waals surface area contributed by atoms with Crippen LogP contribution < -0.4 is 15.2 Å². The van der Waals surface area contributed by atoms with Gasteiger partial charge in [-0.1, -0.05) is 28.8 Å². The topological polar surface area (TPSA) is 59.7 Å². The molecule has 3 rings (SSSR count). The van der Waals surface area contributed by atoms with E-state index in [1.807, 2.05) is 56.3 Å². The van der Waals surface area contributed by atoms with Gasteiger partial charge in [-0.05, 0) is 30.3 Å². The fourth-order valence-corrected chi connectivity index (χ4v) is 3.18. The highest BCUT2D eigenvalue weighted by Gasteiger charge is 2.10. The average molecular weight is 453 g/mol. The first kappa shape index (κ1) is 20.6. The standard InChI is InChI=1S/C22H21BrN4O2/c1-5-11-29-20-13-17(26(3)4)9-7-15(20)14-24-27-21(6-2)25-19-10-8-16(23)12-18(19)22(27)28/h1,7-10,12-14H,6,11H2,2-4H3. The van der Waals surface area contributed by atoms with Gasteiger partial charge in [0.05, 0.1) is 17.1 Å². The van der Waals surface area contributed by atoms with Crippen molar-refractivity contribution >= 4 is 38.7 Å². The number of hydrogen-bond acceptors (Lipinski definition) is 5. The Morgan fingerprint density at radius 3 is 2.79 bits per heavy atom. The lowest BCUT2D eigenvalue weighted by Crippen LogP contribution is -2.22. The lowest BCUT2D eigenvalue weighted by atomic mass is 10.2. The molecule has 0 amide bonds. The van der Waals surface area contributed by atoms with E-state index >= 15 is 0 Å². The highest BCUT2D eigenvalue weighted by Crippen LogP contribution is 2.24. The van der Waals surface area contributed by atoms with Crippen molar-refractivity contribution in [3.8, 4) is 18.1 Å². The van der Waals surface area contributed by atoms with Crippen LogP contribution in [-0.4, -0.2) is 36.6 Å². The third-order valence-corrected chi connectivity index (χ3v) is 4.82. The summed E-state index contributed by atoms with van der Waals surface area (Å²) < 4.78 is 7.82. The Bertz CT molecular complexity index is 1180. The molecule has 1 heterocycles. The van der Waals surface area contributed by atoms with Gasteiger partial charge in [0.15, 0.2) is 0 Å². The second-order valence-electron chi connectivity index (χ2n) is 6.51. The first-order valence-corrected chi connectivity index (χ1v) is 9.87. The predicted molar refractivity (Wildman–Crippen MR) is 121 cm³/mol. The Balaban J connectivity index is 2.10. The number of ether oxygens (including phenoxy) is 1. The Hall–Kier alpha value is -3.11. The van der Waals surface area contributed by atoms with Gasteiger partial charge in [0, 0.05) is 42.3 Å². The van der Waals surface area contributed by atoms with E-state index in [-0.39, 0.29) is 12.2 Å². The van der Waals surface area contributed by atoms with Crippen molar-refractivity contribution < 1.29 is 4.74 Å². The predicted octanol–water partition coefficient (Wildman–Crippen LogP) is 3.68. The summed E-state index contributed by atoms with van der Waals surface area (Å²) in [7, 11) is 3.89. The summed E-state index contributed by atoms with van der Waals surface area (Å²) in [4.78, 5) is 19.6. The number of nitrogens with zero attached hydrogens (tertiary/aromatic N) is 4. The minimum absolute atomic E-state index is 0.142. The number of anilines is 1. The molecule has 0 aliphatic heterocycles. The molecule has 0 fully saturated rings. The van der Waals surface area contributed by atoms with E-state index in [4.69, 9.17) is 11.2 Å². The lowest BCUT2D eigenvalue weighted by Gasteiger charge is -2.15. The van der Waals surface area contributed by atoms with Crippen LogP contribution in [0.4, 0.5) is 5.69 Å². The Labute approximate surface area is 178 Å². The molecule has 0 N–H and O–H groups in total. The van der Waals surface area contributed by atoms with Gasteiger partial charge >= 0.3 is 0 Å². The normalized spacial score (nSPS) is 11.0. The number of aryl methyl sites for hydroxylation is 1. The molecule has 0 aliphatic carbocycles. The maximum atomic E-state index is 13.0. The lowest BCUT2D eigenvalue weighted by molar-refractivity contribution is 0.370. The molecule has 29 heavy (non-hydrogen) atoms. The van der Waals surface area contributed by atoms with Crippen molar-refractivity contribution in [3.05, 3.63) is 62.6 Å². The summed E-state index contributed by atoms with van der Waals surface area (Å²) in [6.07, 6.45) is 7.50. The summed E-state index contributed by atoms with van der Waals surface area (Å²) in [5.74, 6) is 3.65. The minimum Gasteiger partial charge on any atom is -0.480 e. The van der Waals surface area contributed by atoms with Crippen molar-refractivity contribution in [2.45, 2.75) is 13.3 Å². The van der Waals surface area contributed by atoms with Gasteiger partial charge < -0.3 is 9.64 Å². The number of rotatable bonds is 6.